The third-order valence-corrected chi connectivity index (χ3v) is 7.53. The van der Waals surface area contributed by atoms with Gasteiger partial charge in [-0.1, -0.05) is 6.07 Å². The fourth-order valence-corrected chi connectivity index (χ4v) is 5.95. The van der Waals surface area contributed by atoms with Crippen molar-refractivity contribution in [2.24, 2.45) is 18.9 Å². The highest BCUT2D eigenvalue weighted by atomic mass is 19.4. The van der Waals surface area contributed by atoms with Gasteiger partial charge >= 0.3 is 6.18 Å². The van der Waals surface area contributed by atoms with Crippen LogP contribution >= 0.6 is 0 Å². The zero-order chi connectivity index (χ0) is 24.9. The van der Waals surface area contributed by atoms with E-state index in [1.807, 2.05) is 6.20 Å². The molecule has 3 fully saturated rings. The van der Waals surface area contributed by atoms with Crippen molar-refractivity contribution in [2.75, 3.05) is 44.8 Å². The lowest BCUT2D eigenvalue weighted by molar-refractivity contribution is -0.137. The molecule has 0 bridgehead atoms. The van der Waals surface area contributed by atoms with E-state index in [1.54, 1.807) is 29.9 Å². The van der Waals surface area contributed by atoms with E-state index in [0.29, 0.717) is 37.2 Å². The minimum atomic E-state index is -4.54. The Bertz CT molecular complexity index is 1230. The van der Waals surface area contributed by atoms with Crippen LogP contribution in [-0.4, -0.2) is 76.5 Å². The maximum atomic E-state index is 14.0. The van der Waals surface area contributed by atoms with E-state index in [4.69, 9.17) is 9.47 Å². The van der Waals surface area contributed by atoms with E-state index in [-0.39, 0.29) is 23.7 Å². The number of hydrogen-bond acceptors (Lipinski definition) is 7. The molecule has 3 aliphatic rings. The molecule has 192 valence electrons. The third-order valence-electron chi connectivity index (χ3n) is 7.53. The van der Waals surface area contributed by atoms with Crippen LogP contribution in [0.1, 0.15) is 18.4 Å². The smallest absolute Gasteiger partial charge is 0.376 e. The molecule has 1 aromatic carbocycles. The van der Waals surface area contributed by atoms with Crippen LogP contribution in [0.4, 0.5) is 19.0 Å². The maximum absolute atomic E-state index is 14.0. The summed E-state index contributed by atoms with van der Waals surface area (Å²) < 4.78 is 55.0. The fourth-order valence-electron chi connectivity index (χ4n) is 5.95. The Kier molecular flexibility index (Phi) is 6.09. The molecule has 8 nitrogen and oxygen atoms in total. The summed E-state index contributed by atoms with van der Waals surface area (Å²) in [6.45, 7) is 4.64. The Hall–Kier alpha value is -2.76. The Morgan fingerprint density at radius 1 is 1.08 bits per heavy atom. The summed E-state index contributed by atoms with van der Waals surface area (Å²) in [6.07, 6.45) is -0.975. The molecule has 1 saturated carbocycles. The van der Waals surface area contributed by atoms with Crippen molar-refractivity contribution in [1.82, 2.24) is 24.9 Å². The number of likely N-dealkylation sites (tertiary alicyclic amines) is 1. The molecule has 11 heteroatoms. The number of hydrogen-bond donors (Lipinski definition) is 1. The number of alkyl halides is 3. The third kappa shape index (κ3) is 4.79. The second-order valence-electron chi connectivity index (χ2n) is 10.2. The Morgan fingerprint density at radius 2 is 1.89 bits per heavy atom. The Balaban J connectivity index is 1.15. The summed E-state index contributed by atoms with van der Waals surface area (Å²) in [6, 6.07) is 6.33. The number of nitrogens with zero attached hydrogens (tertiary/aromatic N) is 5. The van der Waals surface area contributed by atoms with Crippen LogP contribution in [0.2, 0.25) is 0 Å². The zero-order valence-electron chi connectivity index (χ0n) is 20.0. The van der Waals surface area contributed by atoms with Crippen molar-refractivity contribution in [2.45, 2.75) is 31.2 Å². The van der Waals surface area contributed by atoms with Crippen molar-refractivity contribution in [3.63, 3.8) is 0 Å². The predicted molar refractivity (Wildman–Crippen MR) is 127 cm³/mol. The SMILES string of the molecule is Cn1cc2cc(-c3cc(C(F)(F)F)c(NC4C[C@@H]5CN(CC6COCCO6)C[C@@H]5C4)nn3)ccc2n1. The number of aromatic nitrogens is 4. The van der Waals surface area contributed by atoms with Crippen molar-refractivity contribution < 1.29 is 22.6 Å². The normalized spacial score (nSPS) is 27.0. The van der Waals surface area contributed by atoms with Gasteiger partial charge in [0.25, 0.3) is 0 Å². The number of rotatable bonds is 5. The molecule has 1 aliphatic carbocycles. The summed E-state index contributed by atoms with van der Waals surface area (Å²) in [7, 11) is 1.80. The standard InChI is InChI=1S/C25H29F3N6O2/c1-33-10-18-6-15(2-3-22(18)32-33)23-9-21(25(26,27)28)24(31-30-23)29-19-7-16-11-34(12-17(16)8-19)13-20-14-35-4-5-36-20/h2-3,6,9-10,16-17,19-20H,4-5,7-8,11-14H2,1H3,(H,29,31)/t16-,17+,19?,20?. The van der Waals surface area contributed by atoms with E-state index >= 15 is 0 Å². The van der Waals surface area contributed by atoms with Crippen LogP contribution in [0, 0.1) is 11.8 Å². The summed E-state index contributed by atoms with van der Waals surface area (Å²) in [5, 5.41) is 16.4. The summed E-state index contributed by atoms with van der Waals surface area (Å²) >= 11 is 0. The lowest BCUT2D eigenvalue weighted by Gasteiger charge is -2.28. The van der Waals surface area contributed by atoms with Crippen LogP contribution in [0.15, 0.2) is 30.5 Å². The number of nitrogens with one attached hydrogen (secondary N) is 1. The van der Waals surface area contributed by atoms with Crippen molar-refractivity contribution >= 4 is 16.7 Å². The molecule has 0 radical (unpaired) electrons. The minimum absolute atomic E-state index is 0.0515. The summed E-state index contributed by atoms with van der Waals surface area (Å²) in [5.41, 5.74) is 0.745. The van der Waals surface area contributed by atoms with Crippen LogP contribution < -0.4 is 5.32 Å². The van der Waals surface area contributed by atoms with Crippen molar-refractivity contribution in [1.29, 1.82) is 0 Å². The van der Waals surface area contributed by atoms with E-state index in [1.165, 1.54) is 0 Å². The van der Waals surface area contributed by atoms with Crippen molar-refractivity contribution in [3.8, 4) is 11.3 Å². The first-order valence-electron chi connectivity index (χ1n) is 12.4. The van der Waals surface area contributed by atoms with E-state index in [0.717, 1.165) is 49.4 Å². The molecule has 36 heavy (non-hydrogen) atoms. The lowest BCUT2D eigenvalue weighted by atomic mass is 10.0. The highest BCUT2D eigenvalue weighted by molar-refractivity contribution is 5.83. The molecule has 2 saturated heterocycles. The van der Waals surface area contributed by atoms with Crippen LogP contribution in [0.3, 0.4) is 0 Å². The first-order chi connectivity index (χ1) is 17.3. The summed E-state index contributed by atoms with van der Waals surface area (Å²) in [4.78, 5) is 2.40. The first-order valence-corrected chi connectivity index (χ1v) is 12.4. The molecule has 4 atom stereocenters. The largest absolute Gasteiger partial charge is 0.420 e. The highest BCUT2D eigenvalue weighted by Gasteiger charge is 2.43. The van der Waals surface area contributed by atoms with Crippen LogP contribution in [-0.2, 0) is 22.7 Å². The molecule has 1 N–H and O–H groups in total. The number of fused-ring (bicyclic) bond motifs is 2. The van der Waals surface area contributed by atoms with Gasteiger partial charge in [0.05, 0.1) is 37.1 Å². The molecule has 0 amide bonds. The number of benzene rings is 1. The quantitative estimate of drug-likeness (QED) is 0.572. The van der Waals surface area contributed by atoms with Gasteiger partial charge in [-0.15, -0.1) is 10.2 Å². The molecule has 6 rings (SSSR count). The van der Waals surface area contributed by atoms with Gasteiger partial charge in [0.2, 0.25) is 0 Å². The Morgan fingerprint density at radius 3 is 2.61 bits per heavy atom. The average Bonchev–Trinajstić information content (AvgIpc) is 3.50. The van der Waals surface area contributed by atoms with Gasteiger partial charge in [0, 0.05) is 49.9 Å². The van der Waals surface area contributed by atoms with Gasteiger partial charge in [-0.3, -0.25) is 4.68 Å². The number of aryl methyl sites for hydroxylation is 1. The van der Waals surface area contributed by atoms with Gasteiger partial charge in [0.1, 0.15) is 5.56 Å². The first kappa shape index (κ1) is 23.6. The maximum Gasteiger partial charge on any atom is 0.420 e. The topological polar surface area (TPSA) is 77.3 Å². The average molecular weight is 503 g/mol. The van der Waals surface area contributed by atoms with E-state index in [9.17, 15) is 13.2 Å². The molecule has 3 aromatic rings. The van der Waals surface area contributed by atoms with Gasteiger partial charge in [-0.2, -0.15) is 18.3 Å². The number of ether oxygens (including phenoxy) is 2. The van der Waals surface area contributed by atoms with Gasteiger partial charge < -0.3 is 19.7 Å². The molecule has 2 aromatic heterocycles. The van der Waals surface area contributed by atoms with Crippen LogP contribution in [0.5, 0.6) is 0 Å². The van der Waals surface area contributed by atoms with Gasteiger partial charge in [-0.25, -0.2) is 0 Å². The Labute approximate surface area is 206 Å². The second-order valence-corrected chi connectivity index (χ2v) is 10.2. The number of anilines is 1. The molecule has 2 unspecified atom stereocenters. The fraction of sp³-hybridized carbons (Fsp3) is 0.560. The summed E-state index contributed by atoms with van der Waals surface area (Å²) in [5.74, 6) is 0.725. The molecular weight excluding hydrogens is 473 g/mol. The highest BCUT2D eigenvalue weighted by Crippen LogP contribution is 2.41. The monoisotopic (exact) mass is 502 g/mol. The van der Waals surface area contributed by atoms with E-state index in [2.05, 4.69) is 25.5 Å². The van der Waals surface area contributed by atoms with E-state index < -0.39 is 11.7 Å². The van der Waals surface area contributed by atoms with Gasteiger partial charge in [-0.05, 0) is 42.9 Å². The minimum Gasteiger partial charge on any atom is -0.376 e. The second kappa shape index (κ2) is 9.28. The predicted octanol–water partition coefficient (Wildman–Crippen LogP) is 3.59. The molecule has 4 heterocycles. The van der Waals surface area contributed by atoms with Gasteiger partial charge in [0.15, 0.2) is 5.82 Å². The lowest BCUT2D eigenvalue weighted by Crippen LogP contribution is -2.39. The zero-order valence-corrected chi connectivity index (χ0v) is 20.0. The molecule has 0 spiro atoms. The number of halogens is 3. The molecular formula is C25H29F3N6O2. The van der Waals surface area contributed by atoms with Crippen LogP contribution in [0.25, 0.3) is 22.2 Å². The molecule has 2 aliphatic heterocycles. The van der Waals surface area contributed by atoms with Crippen molar-refractivity contribution in [3.05, 3.63) is 36.0 Å².